The van der Waals surface area contributed by atoms with Crippen LogP contribution in [0, 0.1) is 11.3 Å². The van der Waals surface area contributed by atoms with E-state index in [1.165, 1.54) is 36.7 Å². The van der Waals surface area contributed by atoms with Crippen LogP contribution < -0.4 is 5.32 Å². The Morgan fingerprint density at radius 2 is 2.15 bits per heavy atom. The SMILES string of the molecule is N#Cc1ccc(C(=O)Nc2cccnc2S(=O)[O-])cn1. The topological polar surface area (TPSA) is 119 Å². The van der Waals surface area contributed by atoms with Crippen molar-refractivity contribution in [2.45, 2.75) is 5.03 Å². The Bertz CT molecular complexity index is 709. The van der Waals surface area contributed by atoms with Crippen molar-refractivity contribution in [3.63, 3.8) is 0 Å². The molecule has 7 nitrogen and oxygen atoms in total. The fourth-order valence-corrected chi connectivity index (χ4v) is 1.85. The zero-order valence-corrected chi connectivity index (χ0v) is 10.8. The highest BCUT2D eigenvalue weighted by Crippen LogP contribution is 2.16. The monoisotopic (exact) mass is 287 g/mol. The van der Waals surface area contributed by atoms with Gasteiger partial charge < -0.3 is 9.87 Å². The van der Waals surface area contributed by atoms with Gasteiger partial charge in [-0.05, 0) is 35.3 Å². The van der Waals surface area contributed by atoms with Gasteiger partial charge in [0, 0.05) is 12.4 Å². The summed E-state index contributed by atoms with van der Waals surface area (Å²) in [5.74, 6) is -0.540. The lowest BCUT2D eigenvalue weighted by Crippen LogP contribution is -2.14. The number of pyridine rings is 2. The number of aromatic nitrogens is 2. The van der Waals surface area contributed by atoms with E-state index in [0.717, 1.165) is 0 Å². The molecule has 0 fully saturated rings. The summed E-state index contributed by atoms with van der Waals surface area (Å²) in [6.07, 6.45) is 2.54. The van der Waals surface area contributed by atoms with E-state index in [-0.39, 0.29) is 22.0 Å². The largest absolute Gasteiger partial charge is 0.767 e. The molecule has 8 heteroatoms. The van der Waals surface area contributed by atoms with Gasteiger partial charge in [-0.25, -0.2) is 9.97 Å². The fraction of sp³-hybridized carbons (Fsp3) is 0. The lowest BCUT2D eigenvalue weighted by Gasteiger charge is -2.11. The van der Waals surface area contributed by atoms with Gasteiger partial charge in [-0.1, -0.05) is 0 Å². The number of hydrogen-bond acceptors (Lipinski definition) is 6. The number of hydrogen-bond donors (Lipinski definition) is 1. The Hall–Kier alpha value is -2.63. The molecule has 0 saturated carbocycles. The predicted octanol–water partition coefficient (Wildman–Crippen LogP) is 0.839. The van der Waals surface area contributed by atoms with Crippen LogP contribution in [0.5, 0.6) is 0 Å². The first-order valence-corrected chi connectivity index (χ1v) is 6.41. The number of carbonyl (C=O) groups is 1. The van der Waals surface area contributed by atoms with Gasteiger partial charge in [-0.15, -0.1) is 0 Å². The molecule has 0 bridgehead atoms. The first-order chi connectivity index (χ1) is 9.61. The first-order valence-electron chi connectivity index (χ1n) is 5.33. The maximum Gasteiger partial charge on any atom is 0.257 e. The minimum atomic E-state index is -2.55. The molecule has 1 unspecified atom stereocenters. The summed E-state index contributed by atoms with van der Waals surface area (Å²) in [6, 6.07) is 7.57. The molecule has 1 atom stereocenters. The van der Waals surface area contributed by atoms with Gasteiger partial charge in [0.1, 0.15) is 16.8 Å². The zero-order valence-electron chi connectivity index (χ0n) is 9.94. The minimum Gasteiger partial charge on any atom is -0.767 e. The first kappa shape index (κ1) is 13.8. The smallest absolute Gasteiger partial charge is 0.257 e. The van der Waals surface area contributed by atoms with E-state index in [1.54, 1.807) is 0 Å². The lowest BCUT2D eigenvalue weighted by molar-refractivity contribution is 0.102. The summed E-state index contributed by atoms with van der Waals surface area (Å²) in [4.78, 5) is 19.4. The normalized spacial score (nSPS) is 11.4. The highest BCUT2D eigenvalue weighted by molar-refractivity contribution is 7.79. The van der Waals surface area contributed by atoms with Crippen LogP contribution in [0.25, 0.3) is 0 Å². The molecular weight excluding hydrogens is 280 g/mol. The fourth-order valence-electron chi connectivity index (χ4n) is 1.41. The molecule has 0 aromatic carbocycles. The van der Waals surface area contributed by atoms with Crippen LogP contribution in [-0.2, 0) is 11.1 Å². The number of rotatable bonds is 3. The molecule has 100 valence electrons. The number of amides is 1. The van der Waals surface area contributed by atoms with E-state index < -0.39 is 17.0 Å². The van der Waals surface area contributed by atoms with Crippen molar-refractivity contribution in [3.05, 3.63) is 47.9 Å². The molecule has 2 rings (SSSR count). The van der Waals surface area contributed by atoms with Crippen molar-refractivity contribution in [2.75, 3.05) is 5.32 Å². The molecule has 20 heavy (non-hydrogen) atoms. The maximum absolute atomic E-state index is 11.9. The second-order valence-corrected chi connectivity index (χ2v) is 4.44. The average Bonchev–Trinajstić information content (AvgIpc) is 2.47. The Morgan fingerprint density at radius 1 is 1.35 bits per heavy atom. The molecule has 0 radical (unpaired) electrons. The standard InChI is InChI=1S/C12H8N4O3S/c13-6-9-4-3-8(7-15-9)11(17)16-10-2-1-5-14-12(10)20(18)19/h1-5,7H,(H,16,17)(H,18,19)/p-1. The maximum atomic E-state index is 11.9. The molecule has 1 amide bonds. The summed E-state index contributed by atoms with van der Waals surface area (Å²) >= 11 is -2.55. The van der Waals surface area contributed by atoms with Gasteiger partial charge in [-0.2, -0.15) is 5.26 Å². The van der Waals surface area contributed by atoms with Crippen LogP contribution in [0.3, 0.4) is 0 Å². The van der Waals surface area contributed by atoms with Gasteiger partial charge in [0.25, 0.3) is 5.91 Å². The van der Waals surface area contributed by atoms with Crippen molar-refractivity contribution in [1.82, 2.24) is 9.97 Å². The highest BCUT2D eigenvalue weighted by atomic mass is 32.2. The summed E-state index contributed by atoms with van der Waals surface area (Å²) in [5.41, 5.74) is 0.468. The van der Waals surface area contributed by atoms with Gasteiger partial charge in [-0.3, -0.25) is 9.00 Å². The number of nitrogens with one attached hydrogen (secondary N) is 1. The Morgan fingerprint density at radius 3 is 2.75 bits per heavy atom. The second kappa shape index (κ2) is 6.01. The van der Waals surface area contributed by atoms with Crippen molar-refractivity contribution in [1.29, 1.82) is 5.26 Å². The molecule has 2 heterocycles. The van der Waals surface area contributed by atoms with Crippen molar-refractivity contribution >= 4 is 22.7 Å². The number of anilines is 1. The average molecular weight is 287 g/mol. The quantitative estimate of drug-likeness (QED) is 0.835. The summed E-state index contributed by atoms with van der Waals surface area (Å²) in [6.45, 7) is 0. The number of carbonyl (C=O) groups excluding carboxylic acids is 1. The predicted molar refractivity (Wildman–Crippen MR) is 68.3 cm³/mol. The van der Waals surface area contributed by atoms with Crippen LogP contribution in [0.1, 0.15) is 16.1 Å². The van der Waals surface area contributed by atoms with E-state index in [2.05, 4.69) is 15.3 Å². The van der Waals surface area contributed by atoms with E-state index in [1.807, 2.05) is 6.07 Å². The third-order valence-electron chi connectivity index (χ3n) is 2.32. The Labute approximate surface area is 116 Å². The molecule has 2 aromatic heterocycles. The molecule has 2 aromatic rings. The zero-order chi connectivity index (χ0) is 14.5. The third-order valence-corrected chi connectivity index (χ3v) is 2.96. The summed E-state index contributed by atoms with van der Waals surface area (Å²) < 4.78 is 21.9. The lowest BCUT2D eigenvalue weighted by atomic mass is 10.2. The third kappa shape index (κ3) is 3.03. The number of nitriles is 1. The van der Waals surface area contributed by atoms with Crippen molar-refractivity contribution in [2.24, 2.45) is 0 Å². The summed E-state index contributed by atoms with van der Waals surface area (Å²) in [7, 11) is 0. The van der Waals surface area contributed by atoms with Crippen LogP contribution in [0.2, 0.25) is 0 Å². The van der Waals surface area contributed by atoms with E-state index in [0.29, 0.717) is 0 Å². The van der Waals surface area contributed by atoms with E-state index in [9.17, 15) is 13.6 Å². The van der Waals surface area contributed by atoms with Crippen LogP contribution in [0.15, 0.2) is 41.7 Å². The number of nitrogens with zero attached hydrogens (tertiary/aromatic N) is 3. The molecule has 0 aliphatic carbocycles. The highest BCUT2D eigenvalue weighted by Gasteiger charge is 2.10. The van der Waals surface area contributed by atoms with Crippen molar-refractivity contribution in [3.8, 4) is 6.07 Å². The second-order valence-electron chi connectivity index (χ2n) is 3.59. The molecule has 0 aliphatic rings. The van der Waals surface area contributed by atoms with Gasteiger partial charge in [0.2, 0.25) is 0 Å². The molecular formula is C12H7N4O3S-. The Kier molecular flexibility index (Phi) is 4.14. The van der Waals surface area contributed by atoms with Crippen LogP contribution in [-0.4, -0.2) is 24.6 Å². The molecule has 0 saturated heterocycles. The summed E-state index contributed by atoms with van der Waals surface area (Å²) in [5, 5.41) is 10.8. The van der Waals surface area contributed by atoms with Crippen LogP contribution in [0.4, 0.5) is 5.69 Å². The minimum absolute atomic E-state index is 0.0789. The van der Waals surface area contributed by atoms with Crippen LogP contribution >= 0.6 is 0 Å². The van der Waals surface area contributed by atoms with E-state index >= 15 is 0 Å². The van der Waals surface area contributed by atoms with Gasteiger partial charge >= 0.3 is 0 Å². The molecule has 0 spiro atoms. The van der Waals surface area contributed by atoms with Gasteiger partial charge in [0.15, 0.2) is 0 Å². The van der Waals surface area contributed by atoms with Crippen molar-refractivity contribution < 1.29 is 13.6 Å². The van der Waals surface area contributed by atoms with E-state index in [4.69, 9.17) is 5.26 Å². The van der Waals surface area contributed by atoms with Gasteiger partial charge in [0.05, 0.1) is 11.3 Å². The Balaban J connectivity index is 2.23. The molecule has 1 N–H and O–H groups in total. The molecule has 0 aliphatic heterocycles.